The van der Waals surface area contributed by atoms with Crippen LogP contribution in [0.25, 0.3) is 11.0 Å². The summed E-state index contributed by atoms with van der Waals surface area (Å²) in [6.07, 6.45) is 2.24. The third-order valence-corrected chi connectivity index (χ3v) is 6.74. The minimum atomic E-state index is -2.59. The summed E-state index contributed by atoms with van der Waals surface area (Å²) in [6.45, 7) is 9.26. The lowest BCUT2D eigenvalue weighted by Crippen LogP contribution is -2.41. The van der Waals surface area contributed by atoms with Crippen LogP contribution in [0.1, 0.15) is 63.7 Å². The van der Waals surface area contributed by atoms with Crippen molar-refractivity contribution in [1.82, 2.24) is 19.4 Å². The maximum Gasteiger partial charge on any atom is 0.260 e. The molecule has 3 heterocycles. The van der Waals surface area contributed by atoms with Crippen LogP contribution in [-0.2, 0) is 6.54 Å². The van der Waals surface area contributed by atoms with Crippen LogP contribution >= 0.6 is 0 Å². The Kier molecular flexibility index (Phi) is 6.98. The summed E-state index contributed by atoms with van der Waals surface area (Å²) >= 11 is 0. The van der Waals surface area contributed by atoms with E-state index in [1.165, 1.54) is 0 Å². The smallest absolute Gasteiger partial charge is 0.260 e. The molecule has 0 radical (unpaired) electrons. The van der Waals surface area contributed by atoms with Crippen LogP contribution in [0.5, 0.6) is 0 Å². The standard InChI is InChI=1S/C26H33F2N5O/c1-17(2)19(4)33-23(34)11-10-22-14-29-25(31-24(22)33)30-18(3)21-8-6-20(7-9-21)15-32-13-5-12-26(27,28)16-32/h6-11,14,17-19H,5,12-13,15-16H2,1-4H3,(H,29,30,31)/t18-,19-/m0/s1. The number of pyridine rings is 1. The highest BCUT2D eigenvalue weighted by atomic mass is 19.3. The summed E-state index contributed by atoms with van der Waals surface area (Å²) < 4.78 is 29.1. The molecule has 1 aromatic carbocycles. The number of rotatable bonds is 7. The van der Waals surface area contributed by atoms with Crippen LogP contribution in [0.4, 0.5) is 14.7 Å². The van der Waals surface area contributed by atoms with Crippen molar-refractivity contribution in [2.24, 2.45) is 5.92 Å². The van der Waals surface area contributed by atoms with Crippen LogP contribution in [0.15, 0.2) is 47.4 Å². The van der Waals surface area contributed by atoms with Gasteiger partial charge in [-0.15, -0.1) is 0 Å². The Labute approximate surface area is 199 Å². The Bertz CT molecular complexity index is 1190. The first-order valence-corrected chi connectivity index (χ1v) is 12.0. The van der Waals surface area contributed by atoms with Crippen molar-refractivity contribution in [3.63, 3.8) is 0 Å². The second-order valence-corrected chi connectivity index (χ2v) is 9.78. The third kappa shape index (κ3) is 5.43. The van der Waals surface area contributed by atoms with Crippen molar-refractivity contribution in [2.45, 2.75) is 65.1 Å². The summed E-state index contributed by atoms with van der Waals surface area (Å²) in [4.78, 5) is 23.5. The van der Waals surface area contributed by atoms with Crippen molar-refractivity contribution < 1.29 is 8.78 Å². The first-order chi connectivity index (χ1) is 16.1. The minimum absolute atomic E-state index is 0.00349. The molecule has 4 rings (SSSR count). The average molecular weight is 470 g/mol. The Morgan fingerprint density at radius 2 is 1.82 bits per heavy atom. The maximum atomic E-state index is 13.7. The second-order valence-electron chi connectivity index (χ2n) is 9.78. The fraction of sp³-hybridized carbons (Fsp3) is 0.500. The number of alkyl halides is 2. The zero-order valence-electron chi connectivity index (χ0n) is 20.3. The number of piperidine rings is 1. The number of halogens is 2. The predicted molar refractivity (Wildman–Crippen MR) is 131 cm³/mol. The molecule has 0 spiro atoms. The van der Waals surface area contributed by atoms with Crippen molar-refractivity contribution in [1.29, 1.82) is 0 Å². The molecule has 0 aliphatic carbocycles. The number of hydrogen-bond acceptors (Lipinski definition) is 5. The lowest BCUT2D eigenvalue weighted by molar-refractivity contribution is -0.0661. The molecule has 34 heavy (non-hydrogen) atoms. The number of benzene rings is 1. The SMILES string of the molecule is CC(C)[C@H](C)n1c(=O)ccc2cnc(N[C@@H](C)c3ccc(CN4CCCC(F)(F)C4)cc3)nc21. The van der Waals surface area contributed by atoms with Gasteiger partial charge < -0.3 is 5.32 Å². The molecule has 2 aromatic heterocycles. The van der Waals surface area contributed by atoms with E-state index in [0.717, 1.165) is 16.5 Å². The van der Waals surface area contributed by atoms with E-state index in [4.69, 9.17) is 0 Å². The molecule has 0 bridgehead atoms. The molecule has 182 valence electrons. The van der Waals surface area contributed by atoms with E-state index in [-0.39, 0.29) is 36.5 Å². The van der Waals surface area contributed by atoms with Gasteiger partial charge in [0.15, 0.2) is 0 Å². The predicted octanol–water partition coefficient (Wildman–Crippen LogP) is 5.41. The molecule has 1 saturated heterocycles. The minimum Gasteiger partial charge on any atom is -0.348 e. The first kappa shape index (κ1) is 24.3. The van der Waals surface area contributed by atoms with E-state index in [1.807, 2.05) is 43.0 Å². The fourth-order valence-corrected chi connectivity index (χ4v) is 4.43. The van der Waals surface area contributed by atoms with E-state index >= 15 is 0 Å². The number of likely N-dealkylation sites (tertiary alicyclic amines) is 1. The highest BCUT2D eigenvalue weighted by molar-refractivity contribution is 5.75. The van der Waals surface area contributed by atoms with Gasteiger partial charge in [-0.3, -0.25) is 14.3 Å². The lowest BCUT2D eigenvalue weighted by Gasteiger charge is -2.32. The summed E-state index contributed by atoms with van der Waals surface area (Å²) in [5.41, 5.74) is 2.60. The number of fused-ring (bicyclic) bond motifs is 1. The van der Waals surface area contributed by atoms with Gasteiger partial charge in [0, 0.05) is 36.7 Å². The maximum absolute atomic E-state index is 13.7. The quantitative estimate of drug-likeness (QED) is 0.501. The molecule has 1 aliphatic rings. The normalized spacial score (nSPS) is 18.2. The van der Waals surface area contributed by atoms with Crippen molar-refractivity contribution >= 4 is 17.0 Å². The Balaban J connectivity index is 1.49. The van der Waals surface area contributed by atoms with Gasteiger partial charge in [0.05, 0.1) is 12.6 Å². The molecule has 1 N–H and O–H groups in total. The zero-order chi connectivity index (χ0) is 24.5. The number of nitrogens with one attached hydrogen (secondary N) is 1. The monoisotopic (exact) mass is 469 g/mol. The average Bonchev–Trinajstić information content (AvgIpc) is 2.78. The molecule has 0 saturated carbocycles. The van der Waals surface area contributed by atoms with E-state index in [2.05, 4.69) is 29.1 Å². The molecule has 1 fully saturated rings. The van der Waals surface area contributed by atoms with E-state index in [0.29, 0.717) is 31.1 Å². The lowest BCUT2D eigenvalue weighted by atomic mass is 10.0. The van der Waals surface area contributed by atoms with E-state index in [9.17, 15) is 13.6 Å². The van der Waals surface area contributed by atoms with E-state index in [1.54, 1.807) is 22.9 Å². The van der Waals surface area contributed by atoms with Gasteiger partial charge in [-0.25, -0.2) is 13.8 Å². The molecular weight excluding hydrogens is 436 g/mol. The summed E-state index contributed by atoms with van der Waals surface area (Å²) in [5.74, 6) is -1.85. The Morgan fingerprint density at radius 1 is 1.09 bits per heavy atom. The van der Waals surface area contributed by atoms with Gasteiger partial charge in [0.1, 0.15) is 5.65 Å². The van der Waals surface area contributed by atoms with E-state index < -0.39 is 5.92 Å². The molecule has 6 nitrogen and oxygen atoms in total. The summed E-state index contributed by atoms with van der Waals surface area (Å²) in [6, 6.07) is 11.2. The zero-order valence-corrected chi connectivity index (χ0v) is 20.3. The van der Waals surface area contributed by atoms with Gasteiger partial charge in [-0.05, 0) is 49.9 Å². The number of nitrogens with zero attached hydrogens (tertiary/aromatic N) is 4. The Hall–Kier alpha value is -2.87. The van der Waals surface area contributed by atoms with Crippen molar-refractivity contribution in [3.05, 3.63) is 64.1 Å². The summed E-state index contributed by atoms with van der Waals surface area (Å²) in [5, 5.41) is 4.15. The number of anilines is 1. The molecule has 8 heteroatoms. The van der Waals surface area contributed by atoms with Gasteiger partial charge in [-0.2, -0.15) is 4.98 Å². The number of hydrogen-bond donors (Lipinski definition) is 1. The van der Waals surface area contributed by atoms with Crippen molar-refractivity contribution in [3.8, 4) is 0 Å². The largest absolute Gasteiger partial charge is 0.348 e. The van der Waals surface area contributed by atoms with Gasteiger partial charge in [0.25, 0.3) is 11.5 Å². The highest BCUT2D eigenvalue weighted by Crippen LogP contribution is 2.28. The topological polar surface area (TPSA) is 63.1 Å². The molecule has 3 aromatic rings. The van der Waals surface area contributed by atoms with Crippen LogP contribution in [-0.4, -0.2) is 38.4 Å². The molecule has 0 amide bonds. The van der Waals surface area contributed by atoms with Crippen molar-refractivity contribution in [2.75, 3.05) is 18.4 Å². The van der Waals surface area contributed by atoms with Crippen LogP contribution < -0.4 is 10.9 Å². The molecule has 1 aliphatic heterocycles. The van der Waals surface area contributed by atoms with Crippen LogP contribution in [0.3, 0.4) is 0 Å². The second kappa shape index (κ2) is 9.78. The highest BCUT2D eigenvalue weighted by Gasteiger charge is 2.34. The van der Waals surface area contributed by atoms with Crippen LogP contribution in [0, 0.1) is 5.92 Å². The first-order valence-electron chi connectivity index (χ1n) is 12.0. The fourth-order valence-electron chi connectivity index (χ4n) is 4.43. The molecular formula is C26H33F2N5O. The summed E-state index contributed by atoms with van der Waals surface area (Å²) in [7, 11) is 0. The van der Waals surface area contributed by atoms with Crippen LogP contribution in [0.2, 0.25) is 0 Å². The van der Waals surface area contributed by atoms with Gasteiger partial charge >= 0.3 is 0 Å². The number of aromatic nitrogens is 3. The van der Waals surface area contributed by atoms with Gasteiger partial charge in [-0.1, -0.05) is 38.1 Å². The van der Waals surface area contributed by atoms with Gasteiger partial charge in [0.2, 0.25) is 5.95 Å². The third-order valence-electron chi connectivity index (χ3n) is 6.74. The Morgan fingerprint density at radius 3 is 2.50 bits per heavy atom. The molecule has 0 unspecified atom stereocenters. The molecule has 2 atom stereocenters.